The highest BCUT2D eigenvalue weighted by Crippen LogP contribution is 2.39. The quantitative estimate of drug-likeness (QED) is 0.580. The van der Waals surface area contributed by atoms with Crippen molar-refractivity contribution >= 4 is 0 Å². The molecular formula is C11H21N. The van der Waals surface area contributed by atoms with E-state index in [2.05, 4.69) is 25.7 Å². The van der Waals surface area contributed by atoms with E-state index in [4.69, 9.17) is 0 Å². The predicted octanol–water partition coefficient (Wildman–Crippen LogP) is 2.52. The van der Waals surface area contributed by atoms with E-state index in [-0.39, 0.29) is 0 Å². The first-order chi connectivity index (χ1) is 5.68. The van der Waals surface area contributed by atoms with Crippen LogP contribution in [-0.4, -0.2) is 23.5 Å². The molecule has 0 spiro atoms. The molecule has 0 radical (unpaired) electrons. The minimum Gasteiger partial charge on any atom is -0.297 e. The molecule has 1 aliphatic heterocycles. The lowest BCUT2D eigenvalue weighted by Crippen LogP contribution is -2.38. The molecule has 2 rings (SSSR count). The Morgan fingerprint density at radius 2 is 2.00 bits per heavy atom. The summed E-state index contributed by atoms with van der Waals surface area (Å²) in [7, 11) is 0. The Morgan fingerprint density at radius 3 is 2.67 bits per heavy atom. The second-order valence-electron chi connectivity index (χ2n) is 5.01. The summed E-state index contributed by atoms with van der Waals surface area (Å²) in [5.74, 6) is 1.99. The van der Waals surface area contributed by atoms with Gasteiger partial charge in [0.05, 0.1) is 0 Å². The van der Waals surface area contributed by atoms with E-state index in [0.717, 1.165) is 23.9 Å². The average Bonchev–Trinajstić information content (AvgIpc) is 2.37. The van der Waals surface area contributed by atoms with Crippen molar-refractivity contribution < 1.29 is 0 Å². The maximum absolute atomic E-state index is 2.72. The first-order valence-corrected chi connectivity index (χ1v) is 5.44. The highest BCUT2D eigenvalue weighted by atomic mass is 15.2. The van der Waals surface area contributed by atoms with Crippen molar-refractivity contribution in [2.24, 2.45) is 11.8 Å². The van der Waals surface area contributed by atoms with E-state index >= 15 is 0 Å². The molecule has 1 aliphatic carbocycles. The van der Waals surface area contributed by atoms with E-state index in [1.807, 2.05) is 0 Å². The largest absolute Gasteiger partial charge is 0.297 e. The molecule has 2 aliphatic rings. The summed E-state index contributed by atoms with van der Waals surface area (Å²) >= 11 is 0. The molecular weight excluding hydrogens is 146 g/mol. The van der Waals surface area contributed by atoms with Crippen LogP contribution in [-0.2, 0) is 0 Å². The molecule has 12 heavy (non-hydrogen) atoms. The predicted molar refractivity (Wildman–Crippen MR) is 52.1 cm³/mol. The molecule has 1 saturated carbocycles. The van der Waals surface area contributed by atoms with Crippen molar-refractivity contribution in [3.63, 3.8) is 0 Å². The topological polar surface area (TPSA) is 3.24 Å². The van der Waals surface area contributed by atoms with Crippen molar-refractivity contribution in [2.75, 3.05) is 6.54 Å². The van der Waals surface area contributed by atoms with Crippen LogP contribution in [0.1, 0.15) is 40.0 Å². The number of rotatable bonds is 1. The molecule has 1 heterocycles. The molecule has 0 N–H and O–H groups in total. The van der Waals surface area contributed by atoms with Gasteiger partial charge in [0.1, 0.15) is 0 Å². The Kier molecular flexibility index (Phi) is 2.16. The lowest BCUT2D eigenvalue weighted by molar-refractivity contribution is 0.157. The zero-order chi connectivity index (χ0) is 8.72. The van der Waals surface area contributed by atoms with E-state index in [0.29, 0.717) is 0 Å². The van der Waals surface area contributed by atoms with Gasteiger partial charge in [-0.2, -0.15) is 0 Å². The third kappa shape index (κ3) is 1.28. The van der Waals surface area contributed by atoms with Crippen LogP contribution < -0.4 is 0 Å². The molecule has 0 aromatic carbocycles. The summed E-state index contributed by atoms with van der Waals surface area (Å²) in [6.45, 7) is 8.50. The number of likely N-dealkylation sites (tertiary alicyclic amines) is 1. The van der Waals surface area contributed by atoms with Gasteiger partial charge in [0.2, 0.25) is 0 Å². The Morgan fingerprint density at radius 1 is 1.25 bits per heavy atom. The number of hydrogen-bond donors (Lipinski definition) is 0. The van der Waals surface area contributed by atoms with Gasteiger partial charge in [0, 0.05) is 18.6 Å². The zero-order valence-corrected chi connectivity index (χ0v) is 8.59. The van der Waals surface area contributed by atoms with Gasteiger partial charge in [-0.3, -0.25) is 4.90 Å². The summed E-state index contributed by atoms with van der Waals surface area (Å²) in [5.41, 5.74) is 0. The average molecular weight is 167 g/mol. The lowest BCUT2D eigenvalue weighted by Gasteiger charge is -2.32. The van der Waals surface area contributed by atoms with E-state index in [1.54, 1.807) is 0 Å². The van der Waals surface area contributed by atoms with Crippen LogP contribution in [0.15, 0.2) is 0 Å². The molecule has 0 aromatic rings. The van der Waals surface area contributed by atoms with Gasteiger partial charge >= 0.3 is 0 Å². The molecule has 2 fully saturated rings. The molecule has 3 atom stereocenters. The summed E-state index contributed by atoms with van der Waals surface area (Å²) in [6, 6.07) is 1.68. The van der Waals surface area contributed by atoms with Crippen LogP contribution >= 0.6 is 0 Å². The van der Waals surface area contributed by atoms with Crippen molar-refractivity contribution in [1.82, 2.24) is 4.90 Å². The van der Waals surface area contributed by atoms with Crippen LogP contribution in [0.2, 0.25) is 0 Å². The number of fused-ring (bicyclic) bond motifs is 2. The third-order valence-corrected chi connectivity index (χ3v) is 3.82. The number of hydrogen-bond acceptors (Lipinski definition) is 1. The summed E-state index contributed by atoms with van der Waals surface area (Å²) in [6.07, 6.45) is 4.44. The van der Waals surface area contributed by atoms with Crippen LogP contribution in [0.3, 0.4) is 0 Å². The van der Waals surface area contributed by atoms with Crippen molar-refractivity contribution in [3.8, 4) is 0 Å². The molecule has 1 heteroatoms. The van der Waals surface area contributed by atoms with Gasteiger partial charge in [-0.05, 0) is 44.9 Å². The maximum atomic E-state index is 2.72. The highest BCUT2D eigenvalue weighted by Gasteiger charge is 2.39. The van der Waals surface area contributed by atoms with E-state index < -0.39 is 0 Å². The summed E-state index contributed by atoms with van der Waals surface area (Å²) < 4.78 is 0. The smallest absolute Gasteiger partial charge is 0.0127 e. The molecule has 0 amide bonds. The van der Waals surface area contributed by atoms with Crippen LogP contribution in [0.25, 0.3) is 0 Å². The SMILES string of the molecule is CC1CCC2CC1N(C(C)C)C2. The fourth-order valence-corrected chi connectivity index (χ4v) is 3.04. The summed E-state index contributed by atoms with van der Waals surface area (Å²) in [4.78, 5) is 2.72. The minimum atomic E-state index is 0.764. The van der Waals surface area contributed by atoms with Gasteiger partial charge < -0.3 is 0 Å². The molecule has 1 nitrogen and oxygen atoms in total. The monoisotopic (exact) mass is 167 g/mol. The lowest BCUT2D eigenvalue weighted by atomic mass is 9.83. The van der Waals surface area contributed by atoms with E-state index in [1.165, 1.54) is 25.8 Å². The second-order valence-corrected chi connectivity index (χ2v) is 5.01. The van der Waals surface area contributed by atoms with Crippen molar-refractivity contribution in [3.05, 3.63) is 0 Å². The second kappa shape index (κ2) is 3.02. The standard InChI is InChI=1S/C11H21N/c1-8(2)12-7-10-5-4-9(3)11(12)6-10/h8-11H,4-7H2,1-3H3. The van der Waals surface area contributed by atoms with Gasteiger partial charge in [0.25, 0.3) is 0 Å². The van der Waals surface area contributed by atoms with Crippen LogP contribution in [0.5, 0.6) is 0 Å². The van der Waals surface area contributed by atoms with Crippen LogP contribution in [0, 0.1) is 11.8 Å². The van der Waals surface area contributed by atoms with Gasteiger partial charge in [0.15, 0.2) is 0 Å². The maximum Gasteiger partial charge on any atom is 0.0127 e. The molecule has 1 saturated heterocycles. The first kappa shape index (κ1) is 8.55. The zero-order valence-electron chi connectivity index (χ0n) is 8.59. The molecule has 70 valence electrons. The van der Waals surface area contributed by atoms with Crippen LogP contribution in [0.4, 0.5) is 0 Å². The Bertz CT molecular complexity index is 164. The minimum absolute atomic E-state index is 0.764. The van der Waals surface area contributed by atoms with Crippen molar-refractivity contribution in [1.29, 1.82) is 0 Å². The Hall–Kier alpha value is -0.0400. The highest BCUT2D eigenvalue weighted by molar-refractivity contribution is 4.93. The first-order valence-electron chi connectivity index (χ1n) is 5.44. The van der Waals surface area contributed by atoms with Gasteiger partial charge in [-0.25, -0.2) is 0 Å². The fraction of sp³-hybridized carbons (Fsp3) is 1.00. The normalized spacial score (nSPS) is 42.5. The molecule has 3 unspecified atom stereocenters. The van der Waals surface area contributed by atoms with Crippen molar-refractivity contribution in [2.45, 2.75) is 52.1 Å². The number of nitrogens with zero attached hydrogens (tertiary/aromatic N) is 1. The fourth-order valence-electron chi connectivity index (χ4n) is 3.04. The van der Waals surface area contributed by atoms with E-state index in [9.17, 15) is 0 Å². The van der Waals surface area contributed by atoms with Gasteiger partial charge in [-0.15, -0.1) is 0 Å². The molecule has 0 aromatic heterocycles. The molecule has 2 bridgehead atoms. The Balaban J connectivity index is 2.09. The third-order valence-electron chi connectivity index (χ3n) is 3.82. The Labute approximate surface area is 76.1 Å². The van der Waals surface area contributed by atoms with Gasteiger partial charge in [-0.1, -0.05) is 6.92 Å². The summed E-state index contributed by atoms with van der Waals surface area (Å²) in [5, 5.41) is 0.